The van der Waals surface area contributed by atoms with Crippen LogP contribution >= 0.6 is 0 Å². The number of ether oxygens (including phenoxy) is 3. The molecule has 0 aromatic heterocycles. The van der Waals surface area contributed by atoms with Gasteiger partial charge in [-0.1, -0.05) is 0 Å². The van der Waals surface area contributed by atoms with Crippen molar-refractivity contribution >= 4 is 0 Å². The molecule has 0 radical (unpaired) electrons. The molecule has 0 unspecified atom stereocenters. The molecule has 0 rings (SSSR count). The van der Waals surface area contributed by atoms with Crippen LogP contribution in [0.3, 0.4) is 0 Å². The topological polar surface area (TPSA) is 68.2 Å². The minimum Gasteiger partial charge on any atom is -0.394 e. The van der Waals surface area contributed by atoms with Crippen LogP contribution in [0.4, 0.5) is 0 Å². The van der Waals surface area contributed by atoms with Gasteiger partial charge in [0, 0.05) is 0 Å². The lowest BCUT2D eigenvalue weighted by Gasteiger charge is -2.02. The number of hydrogen-bond acceptors (Lipinski definition) is 5. The van der Waals surface area contributed by atoms with E-state index < -0.39 is 0 Å². The Morgan fingerprint density at radius 2 is 1.60 bits per heavy atom. The smallest absolute Gasteiger partial charge is 0.152 e. The summed E-state index contributed by atoms with van der Waals surface area (Å²) in [5.41, 5.74) is 0. The van der Waals surface area contributed by atoms with Crippen molar-refractivity contribution in [2.75, 3.05) is 33.6 Å². The van der Waals surface area contributed by atoms with E-state index in [9.17, 15) is 0 Å². The molecular formula is C5H12O5. The zero-order valence-corrected chi connectivity index (χ0v) is 5.65. The summed E-state index contributed by atoms with van der Waals surface area (Å²) in [6.07, 6.45) is 0. The molecule has 0 aliphatic heterocycles. The van der Waals surface area contributed by atoms with E-state index >= 15 is 0 Å². The summed E-state index contributed by atoms with van der Waals surface area (Å²) in [6, 6.07) is 0. The van der Waals surface area contributed by atoms with Crippen molar-refractivity contribution in [3.63, 3.8) is 0 Å². The normalized spacial score (nSPS) is 10.2. The van der Waals surface area contributed by atoms with E-state index in [-0.39, 0.29) is 33.6 Å². The average Bonchev–Trinajstić information content (AvgIpc) is 1.97. The molecule has 0 aromatic carbocycles. The lowest BCUT2D eigenvalue weighted by Crippen LogP contribution is -2.07. The third-order valence-corrected chi connectivity index (χ3v) is 0.660. The van der Waals surface area contributed by atoms with Gasteiger partial charge < -0.3 is 24.4 Å². The maximum absolute atomic E-state index is 8.22. The van der Waals surface area contributed by atoms with Gasteiger partial charge in [-0.3, -0.25) is 0 Å². The average molecular weight is 152 g/mol. The van der Waals surface area contributed by atoms with Crippen LogP contribution in [0.1, 0.15) is 0 Å². The fraction of sp³-hybridized carbons (Fsp3) is 1.00. The number of aliphatic hydroxyl groups excluding tert-OH is 2. The van der Waals surface area contributed by atoms with Crippen molar-refractivity contribution in [3.05, 3.63) is 0 Å². The van der Waals surface area contributed by atoms with Crippen LogP contribution < -0.4 is 0 Å². The molecule has 0 saturated carbocycles. The van der Waals surface area contributed by atoms with Gasteiger partial charge in [0.05, 0.1) is 13.2 Å². The van der Waals surface area contributed by atoms with Gasteiger partial charge in [-0.05, 0) is 0 Å². The largest absolute Gasteiger partial charge is 0.394 e. The Morgan fingerprint density at radius 3 is 2.20 bits per heavy atom. The third kappa shape index (κ3) is 7.80. The van der Waals surface area contributed by atoms with E-state index in [1.807, 2.05) is 0 Å². The molecule has 0 spiro atoms. The molecule has 0 saturated heterocycles. The van der Waals surface area contributed by atoms with Crippen molar-refractivity contribution in [2.45, 2.75) is 0 Å². The number of rotatable bonds is 7. The molecule has 5 nitrogen and oxygen atoms in total. The second kappa shape index (κ2) is 8.80. The summed E-state index contributed by atoms with van der Waals surface area (Å²) in [5.74, 6) is 0. The Bertz CT molecular complexity index is 50.0. The minimum atomic E-state index is -0.361. The zero-order chi connectivity index (χ0) is 7.66. The van der Waals surface area contributed by atoms with Crippen molar-refractivity contribution in [3.8, 4) is 0 Å². The molecule has 0 atom stereocenters. The molecule has 0 aromatic rings. The molecule has 0 bridgehead atoms. The number of hydrogen-bond donors (Lipinski definition) is 2. The van der Waals surface area contributed by atoms with E-state index in [2.05, 4.69) is 9.47 Å². The first-order chi connectivity index (χ1) is 4.91. The summed E-state index contributed by atoms with van der Waals surface area (Å²) in [6.45, 7) is -0.0637. The van der Waals surface area contributed by atoms with E-state index in [0.717, 1.165) is 0 Å². The maximum Gasteiger partial charge on any atom is 0.152 e. The summed E-state index contributed by atoms with van der Waals surface area (Å²) < 4.78 is 13.8. The molecule has 0 aliphatic rings. The Balaban J connectivity index is 2.65. The quantitative estimate of drug-likeness (QED) is 0.358. The molecular weight excluding hydrogens is 140 g/mol. The molecule has 0 heterocycles. The summed E-state index contributed by atoms with van der Waals surface area (Å²) >= 11 is 0. The highest BCUT2D eigenvalue weighted by atomic mass is 16.8. The van der Waals surface area contributed by atoms with Gasteiger partial charge >= 0.3 is 0 Å². The first-order valence-corrected chi connectivity index (χ1v) is 2.86. The van der Waals surface area contributed by atoms with E-state index in [0.29, 0.717) is 0 Å². The molecule has 0 aliphatic carbocycles. The predicted molar refractivity (Wildman–Crippen MR) is 32.0 cm³/mol. The molecule has 0 fully saturated rings. The van der Waals surface area contributed by atoms with Gasteiger partial charge in [0.25, 0.3) is 0 Å². The summed E-state index contributed by atoms with van der Waals surface area (Å²) in [4.78, 5) is 0. The lowest BCUT2D eigenvalue weighted by molar-refractivity contribution is -0.159. The van der Waals surface area contributed by atoms with Crippen molar-refractivity contribution < 1.29 is 24.4 Å². The van der Waals surface area contributed by atoms with Gasteiger partial charge in [-0.2, -0.15) is 0 Å². The van der Waals surface area contributed by atoms with Crippen LogP contribution in [0.15, 0.2) is 0 Å². The molecule has 10 heavy (non-hydrogen) atoms. The van der Waals surface area contributed by atoms with Crippen LogP contribution in [0, 0.1) is 0 Å². The highest BCUT2D eigenvalue weighted by Gasteiger charge is 1.85. The van der Waals surface area contributed by atoms with Crippen LogP contribution in [0.2, 0.25) is 0 Å². The standard InChI is InChI=1S/C5H12O5/c6-1-2-8-4-10-5-9-3-7/h6-7H,1-5H2. The first kappa shape index (κ1) is 9.80. The SMILES string of the molecule is OCCOCOCOCO. The Labute approximate surface area is 59.1 Å². The Kier molecular flexibility index (Phi) is 8.62. The van der Waals surface area contributed by atoms with E-state index in [1.165, 1.54) is 0 Å². The van der Waals surface area contributed by atoms with Gasteiger partial charge in [-0.15, -0.1) is 0 Å². The van der Waals surface area contributed by atoms with E-state index in [4.69, 9.17) is 14.9 Å². The van der Waals surface area contributed by atoms with Gasteiger partial charge in [-0.25, -0.2) is 0 Å². The van der Waals surface area contributed by atoms with Gasteiger partial charge in [0.1, 0.15) is 13.6 Å². The van der Waals surface area contributed by atoms with Gasteiger partial charge in [0.2, 0.25) is 0 Å². The van der Waals surface area contributed by atoms with Gasteiger partial charge in [0.15, 0.2) is 6.79 Å². The van der Waals surface area contributed by atoms with Crippen molar-refractivity contribution in [2.24, 2.45) is 0 Å². The van der Waals surface area contributed by atoms with E-state index in [1.54, 1.807) is 0 Å². The maximum atomic E-state index is 8.22. The second-order valence-corrected chi connectivity index (χ2v) is 1.40. The van der Waals surface area contributed by atoms with Crippen molar-refractivity contribution in [1.29, 1.82) is 0 Å². The summed E-state index contributed by atoms with van der Waals surface area (Å²) in [7, 11) is 0. The first-order valence-electron chi connectivity index (χ1n) is 2.86. The zero-order valence-electron chi connectivity index (χ0n) is 5.65. The lowest BCUT2D eigenvalue weighted by atomic mass is 10.8. The van der Waals surface area contributed by atoms with Crippen LogP contribution in [-0.4, -0.2) is 43.8 Å². The van der Waals surface area contributed by atoms with Crippen LogP contribution in [0.25, 0.3) is 0 Å². The molecule has 5 heteroatoms. The minimum absolute atomic E-state index is 0.00191. The van der Waals surface area contributed by atoms with Crippen LogP contribution in [0.5, 0.6) is 0 Å². The second-order valence-electron chi connectivity index (χ2n) is 1.40. The molecule has 2 N–H and O–H groups in total. The molecule has 62 valence electrons. The molecule has 0 amide bonds. The summed E-state index contributed by atoms with van der Waals surface area (Å²) in [5, 5.41) is 16.3. The fourth-order valence-electron chi connectivity index (χ4n) is 0.313. The Morgan fingerprint density at radius 1 is 0.900 bits per heavy atom. The Hall–Kier alpha value is -0.200. The highest BCUT2D eigenvalue weighted by molar-refractivity contribution is 4.16. The highest BCUT2D eigenvalue weighted by Crippen LogP contribution is 1.78. The fourth-order valence-corrected chi connectivity index (χ4v) is 0.313. The third-order valence-electron chi connectivity index (χ3n) is 0.660. The monoisotopic (exact) mass is 152 g/mol. The van der Waals surface area contributed by atoms with Crippen molar-refractivity contribution in [1.82, 2.24) is 0 Å². The van der Waals surface area contributed by atoms with Crippen LogP contribution in [-0.2, 0) is 14.2 Å². The number of aliphatic hydroxyl groups is 2. The predicted octanol–water partition coefficient (Wildman–Crippen LogP) is -1.11.